The molecule has 0 radical (unpaired) electrons. The van der Waals surface area contributed by atoms with E-state index in [1.54, 1.807) is 20.1 Å². The summed E-state index contributed by atoms with van der Waals surface area (Å²) < 4.78 is 31.4. The van der Waals surface area contributed by atoms with Crippen LogP contribution in [0.5, 0.6) is 0 Å². The van der Waals surface area contributed by atoms with Gasteiger partial charge in [0.25, 0.3) is 0 Å². The highest BCUT2D eigenvalue weighted by Gasteiger charge is 2.14. The van der Waals surface area contributed by atoms with Gasteiger partial charge in [0, 0.05) is 32.9 Å². The van der Waals surface area contributed by atoms with Crippen LogP contribution < -0.4 is 10.0 Å². The van der Waals surface area contributed by atoms with Crippen molar-refractivity contribution in [1.29, 1.82) is 0 Å². The van der Waals surface area contributed by atoms with Gasteiger partial charge in [0.1, 0.15) is 0 Å². The molecule has 0 spiro atoms. The zero-order valence-corrected chi connectivity index (χ0v) is 12.7. The van der Waals surface area contributed by atoms with Crippen molar-refractivity contribution in [1.82, 2.24) is 4.72 Å². The summed E-state index contributed by atoms with van der Waals surface area (Å²) in [4.78, 5) is 11.2. The van der Waals surface area contributed by atoms with Crippen molar-refractivity contribution in [3.8, 4) is 0 Å². The number of ether oxygens (including phenoxy) is 1. The Morgan fingerprint density at radius 2 is 2.05 bits per heavy atom. The molecule has 0 bridgehead atoms. The van der Waals surface area contributed by atoms with Crippen molar-refractivity contribution in [3.05, 3.63) is 23.8 Å². The molecule has 0 aliphatic carbocycles. The zero-order valence-electron chi connectivity index (χ0n) is 11.9. The number of hydrogen-bond acceptors (Lipinski definition) is 4. The van der Waals surface area contributed by atoms with Gasteiger partial charge in [-0.1, -0.05) is 0 Å². The van der Waals surface area contributed by atoms with Crippen molar-refractivity contribution in [2.45, 2.75) is 25.2 Å². The molecule has 1 aromatic rings. The first-order chi connectivity index (χ1) is 9.36. The molecule has 0 fully saturated rings. The zero-order chi connectivity index (χ0) is 15.2. The predicted octanol–water partition coefficient (Wildman–Crippen LogP) is 1.27. The maximum Gasteiger partial charge on any atom is 0.240 e. The smallest absolute Gasteiger partial charge is 0.240 e. The number of amides is 1. The van der Waals surface area contributed by atoms with Crippen LogP contribution in [0.1, 0.15) is 18.9 Å². The maximum absolute atomic E-state index is 12.0. The molecule has 0 aromatic heterocycles. The van der Waals surface area contributed by atoms with Gasteiger partial charge in [-0.3, -0.25) is 4.79 Å². The van der Waals surface area contributed by atoms with Gasteiger partial charge in [0.2, 0.25) is 15.9 Å². The molecule has 1 aromatic carbocycles. The van der Waals surface area contributed by atoms with Crippen molar-refractivity contribution in [3.63, 3.8) is 0 Å². The number of benzene rings is 1. The second-order valence-electron chi connectivity index (χ2n) is 4.40. The third kappa shape index (κ3) is 4.92. The molecule has 112 valence electrons. The molecular weight excluding hydrogens is 280 g/mol. The summed E-state index contributed by atoms with van der Waals surface area (Å²) in [7, 11) is -1.96. The van der Waals surface area contributed by atoms with E-state index in [4.69, 9.17) is 4.74 Å². The van der Waals surface area contributed by atoms with Crippen molar-refractivity contribution in [2.75, 3.05) is 25.6 Å². The molecule has 0 unspecified atom stereocenters. The summed E-state index contributed by atoms with van der Waals surface area (Å²) in [6.07, 6.45) is 0.610. The van der Waals surface area contributed by atoms with Gasteiger partial charge < -0.3 is 10.1 Å². The lowest BCUT2D eigenvalue weighted by atomic mass is 10.2. The quantitative estimate of drug-likeness (QED) is 0.743. The molecule has 2 N–H and O–H groups in total. The average Bonchev–Trinajstić information content (AvgIpc) is 2.36. The van der Waals surface area contributed by atoms with Crippen molar-refractivity contribution >= 4 is 21.6 Å². The third-order valence-corrected chi connectivity index (χ3v) is 4.09. The van der Waals surface area contributed by atoms with Crippen LogP contribution >= 0.6 is 0 Å². The molecule has 7 heteroatoms. The number of nitrogens with one attached hydrogen (secondary N) is 2. The summed E-state index contributed by atoms with van der Waals surface area (Å²) in [5.74, 6) is -0.193. The molecule has 0 aliphatic rings. The SMILES string of the molecule is COCCCNS(=O)(=O)c1ccc(NC(C)=O)c(C)c1. The second-order valence-corrected chi connectivity index (χ2v) is 6.17. The Morgan fingerprint density at radius 1 is 1.35 bits per heavy atom. The minimum Gasteiger partial charge on any atom is -0.385 e. The fourth-order valence-electron chi connectivity index (χ4n) is 1.64. The Hall–Kier alpha value is -1.44. The van der Waals surface area contributed by atoms with Crippen LogP contribution in [0.15, 0.2) is 23.1 Å². The largest absolute Gasteiger partial charge is 0.385 e. The minimum absolute atomic E-state index is 0.182. The average molecular weight is 300 g/mol. The number of anilines is 1. The summed E-state index contributed by atoms with van der Waals surface area (Å²) >= 11 is 0. The van der Waals surface area contributed by atoms with Crippen LogP contribution in [0.4, 0.5) is 5.69 Å². The second kappa shape index (κ2) is 7.37. The van der Waals surface area contributed by atoms with E-state index < -0.39 is 10.0 Å². The van der Waals surface area contributed by atoms with Gasteiger partial charge in [0.05, 0.1) is 4.90 Å². The number of carbonyl (C=O) groups is 1. The standard InChI is InChI=1S/C13H20N2O4S/c1-10-9-12(5-6-13(10)15-11(2)16)20(17,18)14-7-4-8-19-3/h5-6,9,14H,4,7-8H2,1-3H3,(H,15,16). The summed E-state index contributed by atoms with van der Waals surface area (Å²) in [6, 6.07) is 4.58. The molecule has 0 aliphatic heterocycles. The van der Waals surface area contributed by atoms with Crippen LogP contribution in [0.25, 0.3) is 0 Å². The van der Waals surface area contributed by atoms with E-state index in [2.05, 4.69) is 10.0 Å². The Morgan fingerprint density at radius 3 is 2.60 bits per heavy atom. The van der Waals surface area contributed by atoms with E-state index in [0.29, 0.717) is 30.8 Å². The Balaban J connectivity index is 2.80. The highest BCUT2D eigenvalue weighted by Crippen LogP contribution is 2.19. The molecule has 1 rings (SSSR count). The summed E-state index contributed by atoms with van der Waals surface area (Å²) in [6.45, 7) is 3.97. The van der Waals surface area contributed by atoms with Gasteiger partial charge >= 0.3 is 0 Å². The van der Waals surface area contributed by atoms with Crippen LogP contribution in [-0.4, -0.2) is 34.6 Å². The van der Waals surface area contributed by atoms with Gasteiger partial charge in [-0.05, 0) is 37.1 Å². The first kappa shape index (κ1) is 16.6. The monoisotopic (exact) mass is 300 g/mol. The molecule has 0 saturated heterocycles. The third-order valence-electron chi connectivity index (χ3n) is 2.64. The fraction of sp³-hybridized carbons (Fsp3) is 0.462. The van der Waals surface area contributed by atoms with Gasteiger partial charge in [-0.2, -0.15) is 0 Å². The number of methoxy groups -OCH3 is 1. The normalized spacial score (nSPS) is 11.3. The number of carbonyl (C=O) groups excluding carboxylic acids is 1. The minimum atomic E-state index is -3.53. The van der Waals surface area contributed by atoms with Gasteiger partial charge in [-0.15, -0.1) is 0 Å². The van der Waals surface area contributed by atoms with Crippen molar-refractivity contribution in [2.24, 2.45) is 0 Å². The lowest BCUT2D eigenvalue weighted by Gasteiger charge is -2.10. The van der Waals surface area contributed by atoms with E-state index in [9.17, 15) is 13.2 Å². The summed E-state index contributed by atoms with van der Waals surface area (Å²) in [5.41, 5.74) is 1.30. The number of aryl methyl sites for hydroxylation is 1. The molecule has 1 amide bonds. The van der Waals surface area contributed by atoms with Crippen LogP contribution in [0, 0.1) is 6.92 Å². The first-order valence-electron chi connectivity index (χ1n) is 6.23. The maximum atomic E-state index is 12.0. The number of hydrogen-bond donors (Lipinski definition) is 2. The Kier molecular flexibility index (Phi) is 6.12. The van der Waals surface area contributed by atoms with E-state index in [1.165, 1.54) is 19.1 Å². The van der Waals surface area contributed by atoms with Crippen LogP contribution in [0.2, 0.25) is 0 Å². The predicted molar refractivity (Wildman–Crippen MR) is 77.2 cm³/mol. The molecule has 0 atom stereocenters. The van der Waals surface area contributed by atoms with Crippen LogP contribution in [-0.2, 0) is 19.6 Å². The Bertz CT molecular complexity index is 570. The van der Waals surface area contributed by atoms with E-state index >= 15 is 0 Å². The van der Waals surface area contributed by atoms with E-state index in [0.717, 1.165) is 0 Å². The lowest BCUT2D eigenvalue weighted by molar-refractivity contribution is -0.114. The Labute approximate surface area is 119 Å². The van der Waals surface area contributed by atoms with Crippen molar-refractivity contribution < 1.29 is 17.9 Å². The fourth-order valence-corrected chi connectivity index (χ4v) is 2.80. The van der Waals surface area contributed by atoms with Gasteiger partial charge in [-0.25, -0.2) is 13.1 Å². The molecule has 20 heavy (non-hydrogen) atoms. The highest BCUT2D eigenvalue weighted by atomic mass is 32.2. The first-order valence-corrected chi connectivity index (χ1v) is 7.72. The molecule has 6 nitrogen and oxygen atoms in total. The molecular formula is C13H20N2O4S. The lowest BCUT2D eigenvalue weighted by Crippen LogP contribution is -2.25. The highest BCUT2D eigenvalue weighted by molar-refractivity contribution is 7.89. The van der Waals surface area contributed by atoms with Crippen LogP contribution in [0.3, 0.4) is 0 Å². The number of sulfonamides is 1. The molecule has 0 saturated carbocycles. The molecule has 0 heterocycles. The topological polar surface area (TPSA) is 84.5 Å². The number of rotatable bonds is 7. The van der Waals surface area contributed by atoms with E-state index in [1.807, 2.05) is 0 Å². The van der Waals surface area contributed by atoms with Gasteiger partial charge in [0.15, 0.2) is 0 Å². The van der Waals surface area contributed by atoms with E-state index in [-0.39, 0.29) is 10.8 Å². The summed E-state index contributed by atoms with van der Waals surface area (Å²) in [5, 5.41) is 2.64.